The van der Waals surface area contributed by atoms with E-state index in [-0.39, 0.29) is 12.0 Å². The number of hydrogen-bond donors (Lipinski definition) is 3. The minimum Gasteiger partial charge on any atom is -0.505 e. The van der Waals surface area contributed by atoms with Crippen molar-refractivity contribution in [3.63, 3.8) is 0 Å². The molecule has 0 bridgehead atoms. The summed E-state index contributed by atoms with van der Waals surface area (Å²) in [5.74, 6) is -2.67. The van der Waals surface area contributed by atoms with Crippen molar-refractivity contribution >= 4 is 23.4 Å². The molecule has 7 heteroatoms. The number of carboxylic acid groups (broad SMARTS) is 1. The normalized spacial score (nSPS) is 19.2. The molecule has 0 unspecified atom stereocenters. The molecule has 1 atom stereocenters. The molecule has 2 rings (SSSR count). The van der Waals surface area contributed by atoms with Crippen LogP contribution in [0, 0.1) is 5.92 Å². The van der Waals surface area contributed by atoms with E-state index in [1.54, 1.807) is 22.9 Å². The van der Waals surface area contributed by atoms with Crippen molar-refractivity contribution in [3.05, 3.63) is 29.6 Å². The second kappa shape index (κ2) is 7.13. The molecule has 1 aliphatic heterocycles. The number of carbonyl (C=O) groups excluding carboxylic acids is 2. The maximum atomic E-state index is 12.4. The summed E-state index contributed by atoms with van der Waals surface area (Å²) in [5, 5.41) is 21.2. The van der Waals surface area contributed by atoms with Gasteiger partial charge in [0.1, 0.15) is 12.1 Å². The number of aliphatic carboxylic acids is 1. The number of amides is 1. The third-order valence-electron chi connectivity index (χ3n) is 3.94. The lowest BCUT2D eigenvalue weighted by Gasteiger charge is -2.18. The fourth-order valence-electron chi connectivity index (χ4n) is 2.57. The quantitative estimate of drug-likeness (QED) is 0.728. The Morgan fingerprint density at radius 1 is 1.39 bits per heavy atom. The highest BCUT2D eigenvalue weighted by atomic mass is 16.4. The van der Waals surface area contributed by atoms with Crippen LogP contribution in [-0.2, 0) is 20.9 Å². The van der Waals surface area contributed by atoms with Crippen LogP contribution >= 0.6 is 0 Å². The Labute approximate surface area is 133 Å². The van der Waals surface area contributed by atoms with Crippen molar-refractivity contribution < 1.29 is 24.6 Å². The third-order valence-corrected chi connectivity index (χ3v) is 3.94. The number of aryl methyl sites for hydroxylation is 1. The average molecular weight is 320 g/mol. The molecule has 0 fully saturated rings. The number of ketones is 1. The molecule has 0 aromatic carbocycles. The Hall–Kier alpha value is -2.57. The van der Waals surface area contributed by atoms with Gasteiger partial charge in [-0.3, -0.25) is 14.4 Å². The van der Waals surface area contributed by atoms with Gasteiger partial charge < -0.3 is 20.1 Å². The highest BCUT2D eigenvalue weighted by Gasteiger charge is 2.27. The predicted octanol–water partition coefficient (Wildman–Crippen LogP) is 1.35. The summed E-state index contributed by atoms with van der Waals surface area (Å²) in [6.07, 6.45) is 3.39. The van der Waals surface area contributed by atoms with E-state index < -0.39 is 30.0 Å². The van der Waals surface area contributed by atoms with Gasteiger partial charge in [0, 0.05) is 19.2 Å². The maximum Gasteiger partial charge on any atom is 0.322 e. The van der Waals surface area contributed by atoms with E-state index in [9.17, 15) is 19.5 Å². The summed E-state index contributed by atoms with van der Waals surface area (Å²) in [7, 11) is 0. The Bertz CT molecular complexity index is 659. The molecule has 1 aromatic rings. The number of fused-ring (bicyclic) bond motifs is 1. The van der Waals surface area contributed by atoms with Gasteiger partial charge in [-0.1, -0.05) is 6.92 Å². The summed E-state index contributed by atoms with van der Waals surface area (Å²) in [6.45, 7) is 2.10. The number of aliphatic hydroxyl groups is 1. The maximum absolute atomic E-state index is 12.4. The van der Waals surface area contributed by atoms with Crippen LogP contribution in [0.25, 0.3) is 5.76 Å². The number of Topliss-reactive ketones (excluding diaryl/α,β-unsaturated/α-hetero) is 1. The van der Waals surface area contributed by atoms with Crippen molar-refractivity contribution in [2.24, 2.45) is 5.92 Å². The summed E-state index contributed by atoms with van der Waals surface area (Å²) < 4.78 is 1.79. The van der Waals surface area contributed by atoms with Crippen LogP contribution in [0.15, 0.2) is 23.9 Å². The highest BCUT2D eigenvalue weighted by Crippen LogP contribution is 2.24. The molecule has 0 spiro atoms. The Morgan fingerprint density at radius 3 is 2.83 bits per heavy atom. The zero-order valence-corrected chi connectivity index (χ0v) is 12.9. The second-order valence-corrected chi connectivity index (χ2v) is 5.74. The SMILES string of the molecule is C[C@H]1CCC(=O)C(C(=O)NCC(=O)O)=C(O)c2cccn2CC1. The number of nitrogens with one attached hydrogen (secondary N) is 1. The van der Waals surface area contributed by atoms with Gasteiger partial charge in [0.25, 0.3) is 5.91 Å². The smallest absolute Gasteiger partial charge is 0.322 e. The van der Waals surface area contributed by atoms with Gasteiger partial charge in [-0.05, 0) is 30.9 Å². The van der Waals surface area contributed by atoms with Gasteiger partial charge in [0.15, 0.2) is 11.5 Å². The average Bonchev–Trinajstić information content (AvgIpc) is 2.96. The lowest BCUT2D eigenvalue weighted by molar-refractivity contribution is -0.137. The number of aliphatic hydroxyl groups excluding tert-OH is 1. The van der Waals surface area contributed by atoms with Crippen molar-refractivity contribution in [2.75, 3.05) is 6.54 Å². The van der Waals surface area contributed by atoms with E-state index in [4.69, 9.17) is 5.11 Å². The summed E-state index contributed by atoms with van der Waals surface area (Å²) >= 11 is 0. The first-order chi connectivity index (χ1) is 10.9. The van der Waals surface area contributed by atoms with Crippen LogP contribution in [0.1, 0.15) is 31.9 Å². The van der Waals surface area contributed by atoms with E-state index >= 15 is 0 Å². The van der Waals surface area contributed by atoms with Gasteiger partial charge >= 0.3 is 5.97 Å². The van der Waals surface area contributed by atoms with E-state index in [2.05, 4.69) is 5.32 Å². The molecule has 23 heavy (non-hydrogen) atoms. The van der Waals surface area contributed by atoms with Gasteiger partial charge in [0.05, 0.1) is 5.69 Å². The fraction of sp³-hybridized carbons (Fsp3) is 0.438. The molecular formula is C16H20N2O5. The zero-order chi connectivity index (χ0) is 17.0. The van der Waals surface area contributed by atoms with Crippen molar-refractivity contribution in [2.45, 2.75) is 32.7 Å². The van der Waals surface area contributed by atoms with E-state index in [1.807, 2.05) is 6.92 Å². The fourth-order valence-corrected chi connectivity index (χ4v) is 2.57. The first kappa shape index (κ1) is 16.8. The minimum absolute atomic E-state index is 0.141. The minimum atomic E-state index is -1.22. The number of aromatic nitrogens is 1. The summed E-state index contributed by atoms with van der Waals surface area (Å²) in [4.78, 5) is 35.1. The van der Waals surface area contributed by atoms with Gasteiger partial charge in [0.2, 0.25) is 0 Å². The van der Waals surface area contributed by atoms with E-state index in [1.165, 1.54) is 0 Å². The van der Waals surface area contributed by atoms with Crippen LogP contribution in [0.3, 0.4) is 0 Å². The lowest BCUT2D eigenvalue weighted by atomic mass is 9.95. The third kappa shape index (κ3) is 4.00. The largest absolute Gasteiger partial charge is 0.505 e. The Kier molecular flexibility index (Phi) is 5.20. The van der Waals surface area contributed by atoms with Gasteiger partial charge in [-0.2, -0.15) is 0 Å². The summed E-state index contributed by atoms with van der Waals surface area (Å²) in [6, 6.07) is 3.35. The molecular weight excluding hydrogens is 300 g/mol. The molecule has 7 nitrogen and oxygen atoms in total. The standard InChI is InChI=1S/C16H20N2O5/c1-10-4-5-12(19)14(16(23)17-9-13(20)21)15(22)11-3-2-7-18(11)8-6-10/h2-3,7,10,22H,4-6,8-9H2,1H3,(H,17,23)(H,20,21)/t10-/m0/s1. The highest BCUT2D eigenvalue weighted by molar-refractivity contribution is 6.23. The first-order valence-corrected chi connectivity index (χ1v) is 7.52. The zero-order valence-electron chi connectivity index (χ0n) is 12.9. The molecule has 0 aliphatic carbocycles. The number of hydrogen-bond acceptors (Lipinski definition) is 4. The Morgan fingerprint density at radius 2 is 2.13 bits per heavy atom. The molecule has 0 saturated heterocycles. The monoisotopic (exact) mass is 320 g/mol. The molecule has 1 aromatic heterocycles. The van der Waals surface area contributed by atoms with Crippen LogP contribution in [0.2, 0.25) is 0 Å². The number of carbonyl (C=O) groups is 3. The second-order valence-electron chi connectivity index (χ2n) is 5.74. The van der Waals surface area contributed by atoms with Gasteiger partial charge in [-0.25, -0.2) is 0 Å². The predicted molar refractivity (Wildman–Crippen MR) is 82.6 cm³/mol. The van der Waals surface area contributed by atoms with E-state index in [0.717, 1.165) is 6.42 Å². The molecule has 2 heterocycles. The van der Waals surface area contributed by atoms with Gasteiger partial charge in [-0.15, -0.1) is 0 Å². The first-order valence-electron chi connectivity index (χ1n) is 7.52. The van der Waals surface area contributed by atoms with Crippen LogP contribution in [0.5, 0.6) is 0 Å². The molecule has 0 saturated carbocycles. The van der Waals surface area contributed by atoms with Crippen LogP contribution in [-0.4, -0.2) is 39.0 Å². The molecule has 1 aliphatic rings. The number of nitrogens with zero attached hydrogens (tertiary/aromatic N) is 1. The van der Waals surface area contributed by atoms with Crippen molar-refractivity contribution in [1.29, 1.82) is 0 Å². The van der Waals surface area contributed by atoms with Crippen molar-refractivity contribution in [1.82, 2.24) is 9.88 Å². The Balaban J connectivity index is 2.42. The lowest BCUT2D eigenvalue weighted by Crippen LogP contribution is -2.34. The molecule has 124 valence electrons. The summed E-state index contributed by atoms with van der Waals surface area (Å²) in [5.41, 5.74) is 0.00762. The topological polar surface area (TPSA) is 109 Å². The number of rotatable bonds is 3. The van der Waals surface area contributed by atoms with E-state index in [0.29, 0.717) is 24.6 Å². The number of carboxylic acids is 1. The van der Waals surface area contributed by atoms with Crippen LogP contribution in [0.4, 0.5) is 0 Å². The van der Waals surface area contributed by atoms with Crippen LogP contribution < -0.4 is 5.32 Å². The molecule has 1 amide bonds. The molecule has 0 radical (unpaired) electrons. The molecule has 3 N–H and O–H groups in total. The van der Waals surface area contributed by atoms with Crippen molar-refractivity contribution in [3.8, 4) is 0 Å².